The van der Waals surface area contributed by atoms with Crippen LogP contribution in [0.3, 0.4) is 0 Å². The summed E-state index contributed by atoms with van der Waals surface area (Å²) in [5.74, 6) is 6.20. The van der Waals surface area contributed by atoms with Gasteiger partial charge in [-0.2, -0.15) is 5.10 Å². The van der Waals surface area contributed by atoms with Crippen LogP contribution in [0.4, 0.5) is 5.69 Å². The van der Waals surface area contributed by atoms with Crippen molar-refractivity contribution in [3.05, 3.63) is 82.7 Å². The number of hydrogen-bond acceptors (Lipinski definition) is 2. The second-order valence-corrected chi connectivity index (χ2v) is 5.89. The molecule has 0 bridgehead atoms. The lowest BCUT2D eigenvalue weighted by Gasteiger charge is -2.09. The summed E-state index contributed by atoms with van der Waals surface area (Å²) in [5, 5.41) is 6.93. The lowest BCUT2D eigenvalue weighted by atomic mass is 10.1. The molecule has 3 rings (SSSR count). The SMILES string of the molecule is Cc1ccccc1C#Cc1ccc(NC(=O)c2ccnn2C)c(C)c1. The molecule has 0 radical (unpaired) electrons. The standard InChI is InChI=1S/C21H19N3O/c1-15-6-4-5-7-18(15)10-8-17-9-11-19(16(2)14-17)23-21(25)20-12-13-22-24(20)3/h4-7,9,11-14H,1-3H3,(H,23,25). The third-order valence-electron chi connectivity index (χ3n) is 4.01. The Morgan fingerprint density at radius 3 is 2.52 bits per heavy atom. The highest BCUT2D eigenvalue weighted by atomic mass is 16.2. The minimum atomic E-state index is -0.179. The smallest absolute Gasteiger partial charge is 0.273 e. The summed E-state index contributed by atoms with van der Waals surface area (Å²) in [5.41, 5.74) is 5.35. The molecule has 0 aliphatic heterocycles. The van der Waals surface area contributed by atoms with Crippen LogP contribution in [0.1, 0.15) is 32.7 Å². The maximum Gasteiger partial charge on any atom is 0.273 e. The molecule has 0 saturated carbocycles. The summed E-state index contributed by atoms with van der Waals surface area (Å²) in [6.45, 7) is 4.00. The van der Waals surface area contributed by atoms with E-state index < -0.39 is 0 Å². The van der Waals surface area contributed by atoms with E-state index in [0.29, 0.717) is 5.69 Å². The Hall–Kier alpha value is -3.32. The van der Waals surface area contributed by atoms with Gasteiger partial charge in [0.1, 0.15) is 5.69 Å². The summed E-state index contributed by atoms with van der Waals surface area (Å²) in [7, 11) is 1.74. The van der Waals surface area contributed by atoms with E-state index in [-0.39, 0.29) is 5.91 Å². The van der Waals surface area contributed by atoms with Crippen LogP contribution >= 0.6 is 0 Å². The molecule has 3 aromatic rings. The van der Waals surface area contributed by atoms with E-state index in [1.807, 2.05) is 56.3 Å². The Bertz CT molecular complexity index is 990. The summed E-state index contributed by atoms with van der Waals surface area (Å²) < 4.78 is 1.55. The van der Waals surface area contributed by atoms with Crippen LogP contribution in [-0.2, 0) is 7.05 Å². The van der Waals surface area contributed by atoms with Gasteiger partial charge in [-0.1, -0.05) is 30.0 Å². The largest absolute Gasteiger partial charge is 0.320 e. The summed E-state index contributed by atoms with van der Waals surface area (Å²) in [6, 6.07) is 15.5. The maximum absolute atomic E-state index is 12.3. The van der Waals surface area contributed by atoms with Gasteiger partial charge in [0.15, 0.2) is 0 Å². The highest BCUT2D eigenvalue weighted by Crippen LogP contribution is 2.17. The van der Waals surface area contributed by atoms with Crippen LogP contribution in [0.5, 0.6) is 0 Å². The lowest BCUT2D eigenvalue weighted by Crippen LogP contribution is -2.16. The normalized spacial score (nSPS) is 10.0. The molecule has 0 fully saturated rings. The van der Waals surface area contributed by atoms with Crippen LogP contribution in [0.15, 0.2) is 54.7 Å². The third-order valence-corrected chi connectivity index (χ3v) is 4.01. The van der Waals surface area contributed by atoms with Crippen molar-refractivity contribution in [3.8, 4) is 11.8 Å². The van der Waals surface area contributed by atoms with Crippen LogP contribution in [0.25, 0.3) is 0 Å². The molecular formula is C21H19N3O. The van der Waals surface area contributed by atoms with Gasteiger partial charge in [0.05, 0.1) is 0 Å². The molecule has 1 amide bonds. The van der Waals surface area contributed by atoms with Crippen molar-refractivity contribution in [2.75, 3.05) is 5.32 Å². The lowest BCUT2D eigenvalue weighted by molar-refractivity contribution is 0.101. The first-order chi connectivity index (χ1) is 12.0. The summed E-state index contributed by atoms with van der Waals surface area (Å²) >= 11 is 0. The second kappa shape index (κ2) is 7.06. The van der Waals surface area contributed by atoms with E-state index >= 15 is 0 Å². The van der Waals surface area contributed by atoms with E-state index in [9.17, 15) is 4.79 Å². The number of nitrogens with one attached hydrogen (secondary N) is 1. The zero-order valence-electron chi connectivity index (χ0n) is 14.5. The third kappa shape index (κ3) is 3.78. The van der Waals surface area contributed by atoms with Gasteiger partial charge >= 0.3 is 0 Å². The van der Waals surface area contributed by atoms with Crippen molar-refractivity contribution in [2.45, 2.75) is 13.8 Å². The average molecular weight is 329 g/mol. The number of amides is 1. The van der Waals surface area contributed by atoms with Crippen LogP contribution in [0, 0.1) is 25.7 Å². The molecule has 2 aromatic carbocycles. The van der Waals surface area contributed by atoms with Crippen molar-refractivity contribution in [1.29, 1.82) is 0 Å². The van der Waals surface area contributed by atoms with E-state index in [4.69, 9.17) is 0 Å². The molecule has 0 unspecified atom stereocenters. The first-order valence-corrected chi connectivity index (χ1v) is 8.02. The van der Waals surface area contributed by atoms with Crippen molar-refractivity contribution in [3.63, 3.8) is 0 Å². The molecule has 1 aromatic heterocycles. The predicted molar refractivity (Wildman–Crippen MR) is 99.5 cm³/mol. The number of carbonyl (C=O) groups is 1. The Morgan fingerprint density at radius 1 is 1.04 bits per heavy atom. The van der Waals surface area contributed by atoms with Crippen LogP contribution < -0.4 is 5.32 Å². The number of nitrogens with zero attached hydrogens (tertiary/aromatic N) is 2. The highest BCUT2D eigenvalue weighted by molar-refractivity contribution is 6.03. The maximum atomic E-state index is 12.3. The van der Waals surface area contributed by atoms with E-state index in [1.165, 1.54) is 0 Å². The van der Waals surface area contributed by atoms with Gasteiger partial charge in [0, 0.05) is 30.1 Å². The minimum Gasteiger partial charge on any atom is -0.320 e. The molecule has 0 atom stereocenters. The Morgan fingerprint density at radius 2 is 1.84 bits per heavy atom. The number of carbonyl (C=O) groups excluding carboxylic acids is 1. The van der Waals surface area contributed by atoms with Gasteiger partial charge in [0.2, 0.25) is 0 Å². The predicted octanol–water partition coefficient (Wildman–Crippen LogP) is 3.69. The fourth-order valence-corrected chi connectivity index (χ4v) is 2.52. The van der Waals surface area contributed by atoms with E-state index in [2.05, 4.69) is 22.3 Å². The number of aromatic nitrogens is 2. The molecule has 124 valence electrons. The zero-order chi connectivity index (χ0) is 17.8. The zero-order valence-corrected chi connectivity index (χ0v) is 14.5. The van der Waals surface area contributed by atoms with Gasteiger partial charge < -0.3 is 5.32 Å². The van der Waals surface area contributed by atoms with Gasteiger partial charge in [-0.25, -0.2) is 0 Å². The topological polar surface area (TPSA) is 46.9 Å². The molecule has 4 heteroatoms. The summed E-state index contributed by atoms with van der Waals surface area (Å²) in [4.78, 5) is 12.3. The number of anilines is 1. The van der Waals surface area contributed by atoms with Crippen LogP contribution in [0.2, 0.25) is 0 Å². The fraction of sp³-hybridized carbons (Fsp3) is 0.143. The van der Waals surface area contributed by atoms with E-state index in [0.717, 1.165) is 27.9 Å². The first-order valence-electron chi connectivity index (χ1n) is 8.02. The van der Waals surface area contributed by atoms with Crippen molar-refractivity contribution in [1.82, 2.24) is 9.78 Å². The molecule has 0 aliphatic rings. The van der Waals surface area contributed by atoms with E-state index in [1.54, 1.807) is 24.0 Å². The number of benzene rings is 2. The Balaban J connectivity index is 1.79. The number of aryl methyl sites for hydroxylation is 3. The van der Waals surface area contributed by atoms with Gasteiger partial charge in [-0.3, -0.25) is 9.48 Å². The van der Waals surface area contributed by atoms with Crippen molar-refractivity contribution >= 4 is 11.6 Å². The average Bonchev–Trinajstić information content (AvgIpc) is 3.02. The first kappa shape index (κ1) is 16.5. The molecule has 25 heavy (non-hydrogen) atoms. The minimum absolute atomic E-state index is 0.179. The van der Waals surface area contributed by atoms with Gasteiger partial charge in [-0.15, -0.1) is 0 Å². The molecule has 0 saturated heterocycles. The monoisotopic (exact) mass is 329 g/mol. The molecule has 0 spiro atoms. The second-order valence-electron chi connectivity index (χ2n) is 5.89. The van der Waals surface area contributed by atoms with Crippen molar-refractivity contribution < 1.29 is 4.79 Å². The Labute approximate surface area is 147 Å². The van der Waals surface area contributed by atoms with Gasteiger partial charge in [0.25, 0.3) is 5.91 Å². The Kier molecular flexibility index (Phi) is 4.67. The molecule has 1 N–H and O–H groups in total. The molecule has 4 nitrogen and oxygen atoms in total. The molecule has 1 heterocycles. The van der Waals surface area contributed by atoms with Gasteiger partial charge in [-0.05, 0) is 55.3 Å². The number of rotatable bonds is 2. The summed E-state index contributed by atoms with van der Waals surface area (Å²) in [6.07, 6.45) is 1.60. The quantitative estimate of drug-likeness (QED) is 0.729. The molecular weight excluding hydrogens is 310 g/mol. The molecule has 0 aliphatic carbocycles. The van der Waals surface area contributed by atoms with Crippen LogP contribution in [-0.4, -0.2) is 15.7 Å². The number of hydrogen-bond donors (Lipinski definition) is 1. The fourth-order valence-electron chi connectivity index (χ4n) is 2.52. The van der Waals surface area contributed by atoms with Crippen molar-refractivity contribution in [2.24, 2.45) is 7.05 Å². The highest BCUT2D eigenvalue weighted by Gasteiger charge is 2.11.